The molecule has 38 heavy (non-hydrogen) atoms. The summed E-state index contributed by atoms with van der Waals surface area (Å²) >= 11 is 1.86. The van der Waals surface area contributed by atoms with Crippen LogP contribution < -0.4 is 4.90 Å². The number of hydrogen-bond donors (Lipinski definition) is 0. The topological polar surface area (TPSA) is 3.24 Å². The average molecular weight is 504 g/mol. The van der Waals surface area contributed by atoms with Crippen LogP contribution in [0.4, 0.5) is 17.1 Å². The zero-order valence-electron chi connectivity index (χ0n) is 20.8. The predicted octanol–water partition coefficient (Wildman–Crippen LogP) is 10.6. The lowest BCUT2D eigenvalue weighted by atomic mass is 10.0. The highest BCUT2D eigenvalue weighted by Crippen LogP contribution is 2.53. The van der Waals surface area contributed by atoms with Gasteiger partial charge in [-0.3, -0.25) is 0 Å². The molecule has 0 saturated heterocycles. The Labute approximate surface area is 228 Å². The monoisotopic (exact) mass is 503 g/mol. The molecular weight excluding hydrogens is 478 g/mol. The van der Waals surface area contributed by atoms with Gasteiger partial charge in [0.05, 0.1) is 11.4 Å². The van der Waals surface area contributed by atoms with Crippen LogP contribution in [-0.4, -0.2) is 0 Å². The second kappa shape index (κ2) is 9.74. The first-order valence-corrected chi connectivity index (χ1v) is 13.7. The zero-order chi connectivity index (χ0) is 25.3. The fraction of sp³-hybridized carbons (Fsp3) is 0. The molecular formula is C36H25NS. The summed E-state index contributed by atoms with van der Waals surface area (Å²) in [6.07, 6.45) is 0. The minimum atomic E-state index is 1.16. The number of anilines is 3. The maximum absolute atomic E-state index is 2.40. The van der Waals surface area contributed by atoms with Crippen LogP contribution in [0, 0.1) is 0 Å². The first kappa shape index (κ1) is 22.7. The van der Waals surface area contributed by atoms with Gasteiger partial charge in [0.15, 0.2) is 0 Å². The number of rotatable bonds is 4. The maximum atomic E-state index is 2.40. The Hall–Kier alpha value is -4.53. The summed E-state index contributed by atoms with van der Waals surface area (Å²) in [6.45, 7) is 0. The van der Waals surface area contributed by atoms with E-state index in [4.69, 9.17) is 0 Å². The van der Waals surface area contributed by atoms with Gasteiger partial charge in [0.25, 0.3) is 0 Å². The molecule has 0 amide bonds. The van der Waals surface area contributed by atoms with Crippen molar-refractivity contribution >= 4 is 28.8 Å². The Bertz CT molecular complexity index is 1620. The third kappa shape index (κ3) is 4.19. The number of hydrogen-bond acceptors (Lipinski definition) is 2. The van der Waals surface area contributed by atoms with E-state index in [1.54, 1.807) is 0 Å². The van der Waals surface area contributed by atoms with Crippen molar-refractivity contribution in [2.45, 2.75) is 9.79 Å². The highest BCUT2D eigenvalue weighted by Gasteiger charge is 2.26. The van der Waals surface area contributed by atoms with E-state index in [-0.39, 0.29) is 0 Å². The van der Waals surface area contributed by atoms with E-state index >= 15 is 0 Å². The van der Waals surface area contributed by atoms with Crippen LogP contribution in [0.2, 0.25) is 0 Å². The molecule has 180 valence electrons. The highest BCUT2D eigenvalue weighted by atomic mass is 32.2. The molecule has 0 aromatic heterocycles. The molecule has 0 atom stereocenters. The lowest BCUT2D eigenvalue weighted by Gasteiger charge is -2.33. The smallest absolute Gasteiger partial charge is 0.0602 e. The molecule has 0 saturated carbocycles. The van der Waals surface area contributed by atoms with Crippen molar-refractivity contribution in [2.24, 2.45) is 0 Å². The van der Waals surface area contributed by atoms with Crippen LogP contribution in [0.5, 0.6) is 0 Å². The second-order valence-corrected chi connectivity index (χ2v) is 10.5. The van der Waals surface area contributed by atoms with Gasteiger partial charge < -0.3 is 4.90 Å². The fourth-order valence-electron chi connectivity index (χ4n) is 5.14. The Morgan fingerprint density at radius 3 is 1.16 bits per heavy atom. The molecule has 0 aliphatic carbocycles. The number of fused-ring (bicyclic) bond motifs is 2. The van der Waals surface area contributed by atoms with E-state index < -0.39 is 0 Å². The summed E-state index contributed by atoms with van der Waals surface area (Å²) in [6, 6.07) is 54.4. The second-order valence-electron chi connectivity index (χ2n) is 9.45. The Kier molecular flexibility index (Phi) is 5.80. The maximum Gasteiger partial charge on any atom is 0.0602 e. The van der Waals surface area contributed by atoms with E-state index in [0.29, 0.717) is 0 Å². The average Bonchev–Trinajstić information content (AvgIpc) is 3.01. The summed E-state index contributed by atoms with van der Waals surface area (Å²) in [5.41, 5.74) is 11.0. The quantitative estimate of drug-likeness (QED) is 0.235. The van der Waals surface area contributed by atoms with Crippen molar-refractivity contribution in [1.82, 2.24) is 0 Å². The SMILES string of the molecule is c1ccc(-c2ccc(N3c4ccc(-c5ccccc5)cc4Sc4cc(-c5ccccc5)ccc43)cc2)cc1. The molecule has 0 radical (unpaired) electrons. The van der Waals surface area contributed by atoms with Gasteiger partial charge in [-0.25, -0.2) is 0 Å². The van der Waals surface area contributed by atoms with Gasteiger partial charge in [-0.1, -0.05) is 127 Å². The van der Waals surface area contributed by atoms with Crippen molar-refractivity contribution in [3.05, 3.63) is 152 Å². The van der Waals surface area contributed by atoms with Gasteiger partial charge in [-0.05, 0) is 69.8 Å². The van der Waals surface area contributed by atoms with E-state index in [1.165, 1.54) is 54.5 Å². The molecule has 1 heterocycles. The summed E-state index contributed by atoms with van der Waals surface area (Å²) in [7, 11) is 0. The van der Waals surface area contributed by atoms with Gasteiger partial charge in [0.2, 0.25) is 0 Å². The van der Waals surface area contributed by atoms with Gasteiger partial charge in [-0.2, -0.15) is 0 Å². The van der Waals surface area contributed by atoms with Crippen molar-refractivity contribution in [2.75, 3.05) is 4.90 Å². The van der Waals surface area contributed by atoms with E-state index in [0.717, 1.165) is 5.69 Å². The standard InChI is InChI=1S/C36H25NS/c1-4-10-26(11-5-1)29-16-20-32(21-17-29)37-33-22-18-30(27-12-6-2-7-13-27)24-35(33)38-36-25-31(19-23-34(36)37)28-14-8-3-9-15-28/h1-25H. The largest absolute Gasteiger partial charge is 0.308 e. The Balaban J connectivity index is 1.35. The van der Waals surface area contributed by atoms with Crippen molar-refractivity contribution in [3.8, 4) is 33.4 Å². The Morgan fingerprint density at radius 1 is 0.342 bits per heavy atom. The highest BCUT2D eigenvalue weighted by molar-refractivity contribution is 7.99. The summed E-state index contributed by atoms with van der Waals surface area (Å²) in [4.78, 5) is 4.92. The van der Waals surface area contributed by atoms with Gasteiger partial charge in [-0.15, -0.1) is 0 Å². The molecule has 0 spiro atoms. The van der Waals surface area contributed by atoms with Crippen LogP contribution in [0.25, 0.3) is 33.4 Å². The molecule has 1 nitrogen and oxygen atoms in total. The molecule has 2 heteroatoms. The van der Waals surface area contributed by atoms with Gasteiger partial charge in [0, 0.05) is 15.5 Å². The van der Waals surface area contributed by atoms with Crippen LogP contribution in [-0.2, 0) is 0 Å². The molecule has 0 bridgehead atoms. The first-order valence-electron chi connectivity index (χ1n) is 12.9. The van der Waals surface area contributed by atoms with Crippen LogP contribution >= 0.6 is 11.8 Å². The van der Waals surface area contributed by atoms with Crippen molar-refractivity contribution in [1.29, 1.82) is 0 Å². The van der Waals surface area contributed by atoms with E-state index in [2.05, 4.69) is 157 Å². The number of benzene rings is 6. The molecule has 0 fully saturated rings. The normalized spacial score (nSPS) is 12.1. The summed E-state index contributed by atoms with van der Waals surface area (Å²) in [5.74, 6) is 0. The molecule has 6 aromatic carbocycles. The zero-order valence-corrected chi connectivity index (χ0v) is 21.6. The molecule has 1 aliphatic heterocycles. The first-order chi connectivity index (χ1) is 18.8. The lowest BCUT2D eigenvalue weighted by Crippen LogP contribution is -2.15. The minimum Gasteiger partial charge on any atom is -0.308 e. The molecule has 6 aromatic rings. The fourth-order valence-corrected chi connectivity index (χ4v) is 6.28. The van der Waals surface area contributed by atoms with Gasteiger partial charge >= 0.3 is 0 Å². The molecule has 1 aliphatic rings. The third-order valence-corrected chi connectivity index (χ3v) is 8.16. The Morgan fingerprint density at radius 2 is 0.711 bits per heavy atom. The predicted molar refractivity (Wildman–Crippen MR) is 162 cm³/mol. The van der Waals surface area contributed by atoms with Crippen LogP contribution in [0.15, 0.2) is 161 Å². The van der Waals surface area contributed by atoms with E-state index in [9.17, 15) is 0 Å². The third-order valence-electron chi connectivity index (χ3n) is 7.07. The summed E-state index contributed by atoms with van der Waals surface area (Å²) < 4.78 is 0. The van der Waals surface area contributed by atoms with Crippen molar-refractivity contribution in [3.63, 3.8) is 0 Å². The van der Waals surface area contributed by atoms with Gasteiger partial charge in [0.1, 0.15) is 0 Å². The molecule has 0 N–H and O–H groups in total. The lowest BCUT2D eigenvalue weighted by molar-refractivity contribution is 1.17. The molecule has 7 rings (SSSR count). The minimum absolute atomic E-state index is 1.16. The van der Waals surface area contributed by atoms with Crippen LogP contribution in [0.3, 0.4) is 0 Å². The van der Waals surface area contributed by atoms with E-state index in [1.807, 2.05) is 11.8 Å². The number of nitrogens with zero attached hydrogens (tertiary/aromatic N) is 1. The summed E-state index contributed by atoms with van der Waals surface area (Å²) in [5, 5.41) is 0. The molecule has 0 unspecified atom stereocenters. The van der Waals surface area contributed by atoms with Crippen molar-refractivity contribution < 1.29 is 0 Å². The van der Waals surface area contributed by atoms with Crippen LogP contribution in [0.1, 0.15) is 0 Å².